The molecule has 0 radical (unpaired) electrons. The van der Waals surface area contributed by atoms with Gasteiger partial charge in [0.1, 0.15) is 11.8 Å². The average Bonchev–Trinajstić information content (AvgIpc) is 2.70. The maximum atomic E-state index is 10.2. The van der Waals surface area contributed by atoms with E-state index in [0.29, 0.717) is 18.0 Å². The largest absolute Gasteiger partial charge is 0.493 e. The second-order valence-electron chi connectivity index (χ2n) is 4.50. The first kappa shape index (κ1) is 14.0. The number of aryl methyl sites for hydroxylation is 1. The predicted molar refractivity (Wildman–Crippen MR) is 64.9 cm³/mol. The minimum Gasteiger partial charge on any atom is -0.493 e. The first-order chi connectivity index (χ1) is 8.02. The van der Waals surface area contributed by atoms with Crippen molar-refractivity contribution in [2.75, 3.05) is 7.11 Å². The average molecular weight is 242 g/mol. The monoisotopic (exact) mass is 242 g/mol. The maximum Gasteiger partial charge on any atom is 0.162 e. The summed E-state index contributed by atoms with van der Waals surface area (Å²) < 4.78 is 6.86. The minimum atomic E-state index is -0.973. The van der Waals surface area contributed by atoms with Crippen LogP contribution in [0.4, 0.5) is 0 Å². The Bertz CT molecular complexity index is 350. The molecule has 0 saturated carbocycles. The summed E-state index contributed by atoms with van der Waals surface area (Å²) in [6, 6.07) is 0. The third-order valence-electron chi connectivity index (χ3n) is 2.79. The van der Waals surface area contributed by atoms with Crippen molar-refractivity contribution in [1.29, 1.82) is 0 Å². The van der Waals surface area contributed by atoms with Crippen LogP contribution in [0.5, 0.6) is 5.75 Å². The Kier molecular flexibility index (Phi) is 4.96. The van der Waals surface area contributed by atoms with E-state index in [9.17, 15) is 10.2 Å². The van der Waals surface area contributed by atoms with Gasteiger partial charge in [-0.05, 0) is 12.3 Å². The van der Waals surface area contributed by atoms with Gasteiger partial charge in [0.2, 0.25) is 0 Å². The standard InChI is InChI=1S/C12H22N2O3/c1-5-6-14-10(9(17-4)7-13-14)12(16)11(15)8(2)3/h7-8,11-12,15-16H,5-6H2,1-4H3. The van der Waals surface area contributed by atoms with Crippen LogP contribution in [-0.4, -0.2) is 33.2 Å². The van der Waals surface area contributed by atoms with Crippen LogP contribution >= 0.6 is 0 Å². The van der Waals surface area contributed by atoms with Gasteiger partial charge < -0.3 is 14.9 Å². The summed E-state index contributed by atoms with van der Waals surface area (Å²) in [6.07, 6.45) is 0.680. The fourth-order valence-corrected chi connectivity index (χ4v) is 1.75. The van der Waals surface area contributed by atoms with Crippen LogP contribution in [0, 0.1) is 5.92 Å². The molecule has 5 nitrogen and oxygen atoms in total. The van der Waals surface area contributed by atoms with E-state index in [1.54, 1.807) is 10.9 Å². The van der Waals surface area contributed by atoms with Crippen molar-refractivity contribution in [1.82, 2.24) is 9.78 Å². The third-order valence-corrected chi connectivity index (χ3v) is 2.79. The van der Waals surface area contributed by atoms with Crippen molar-refractivity contribution >= 4 is 0 Å². The molecule has 2 atom stereocenters. The zero-order valence-corrected chi connectivity index (χ0v) is 10.9. The Morgan fingerprint density at radius 1 is 1.41 bits per heavy atom. The van der Waals surface area contributed by atoms with Gasteiger partial charge in [0.05, 0.1) is 19.4 Å². The molecule has 2 N–H and O–H groups in total. The molecule has 1 rings (SSSR count). The van der Waals surface area contributed by atoms with Gasteiger partial charge in [-0.2, -0.15) is 5.10 Å². The Morgan fingerprint density at radius 3 is 2.53 bits per heavy atom. The van der Waals surface area contributed by atoms with Crippen LogP contribution in [0.1, 0.15) is 39.0 Å². The van der Waals surface area contributed by atoms with Gasteiger partial charge in [0.25, 0.3) is 0 Å². The van der Waals surface area contributed by atoms with Gasteiger partial charge in [0, 0.05) is 6.54 Å². The SMILES string of the molecule is CCCn1ncc(OC)c1C(O)C(O)C(C)C. The van der Waals surface area contributed by atoms with E-state index in [2.05, 4.69) is 5.10 Å². The summed E-state index contributed by atoms with van der Waals surface area (Å²) >= 11 is 0. The number of hydrogen-bond acceptors (Lipinski definition) is 4. The van der Waals surface area contributed by atoms with Gasteiger partial charge in [-0.15, -0.1) is 0 Å². The molecule has 0 aliphatic carbocycles. The van der Waals surface area contributed by atoms with E-state index >= 15 is 0 Å². The molecule has 0 aromatic carbocycles. The summed E-state index contributed by atoms with van der Waals surface area (Å²) in [5.41, 5.74) is 0.551. The van der Waals surface area contributed by atoms with Crippen LogP contribution in [0.2, 0.25) is 0 Å². The molecule has 1 aromatic heterocycles. The lowest BCUT2D eigenvalue weighted by atomic mass is 9.99. The first-order valence-electron chi connectivity index (χ1n) is 5.98. The lowest BCUT2D eigenvalue weighted by Gasteiger charge is -2.22. The van der Waals surface area contributed by atoms with Crippen LogP contribution in [0.25, 0.3) is 0 Å². The minimum absolute atomic E-state index is 0.0281. The highest BCUT2D eigenvalue weighted by Crippen LogP contribution is 2.29. The molecule has 0 spiro atoms. The van der Waals surface area contributed by atoms with Crippen molar-refractivity contribution in [2.24, 2.45) is 5.92 Å². The zero-order valence-electron chi connectivity index (χ0n) is 10.9. The van der Waals surface area contributed by atoms with Gasteiger partial charge in [-0.1, -0.05) is 20.8 Å². The van der Waals surface area contributed by atoms with Crippen LogP contribution < -0.4 is 4.74 Å². The van der Waals surface area contributed by atoms with E-state index in [1.807, 2.05) is 20.8 Å². The Balaban J connectivity index is 3.04. The number of nitrogens with zero attached hydrogens (tertiary/aromatic N) is 2. The summed E-state index contributed by atoms with van der Waals surface area (Å²) in [5, 5.41) is 24.3. The molecule has 17 heavy (non-hydrogen) atoms. The lowest BCUT2D eigenvalue weighted by Crippen LogP contribution is -2.26. The van der Waals surface area contributed by atoms with Gasteiger partial charge >= 0.3 is 0 Å². The van der Waals surface area contributed by atoms with E-state index in [4.69, 9.17) is 4.74 Å². The lowest BCUT2D eigenvalue weighted by molar-refractivity contribution is -0.0152. The van der Waals surface area contributed by atoms with Crippen molar-refractivity contribution < 1.29 is 14.9 Å². The van der Waals surface area contributed by atoms with E-state index < -0.39 is 12.2 Å². The smallest absolute Gasteiger partial charge is 0.162 e. The topological polar surface area (TPSA) is 67.5 Å². The molecule has 0 amide bonds. The summed E-state index contributed by atoms with van der Waals surface area (Å²) in [4.78, 5) is 0. The molecular weight excluding hydrogens is 220 g/mol. The van der Waals surface area contributed by atoms with Gasteiger partial charge in [-0.25, -0.2) is 0 Å². The Labute approximate surface area is 102 Å². The van der Waals surface area contributed by atoms with Crippen molar-refractivity contribution in [2.45, 2.75) is 45.9 Å². The molecule has 2 unspecified atom stereocenters. The zero-order chi connectivity index (χ0) is 13.0. The number of ether oxygens (including phenoxy) is 1. The quantitative estimate of drug-likeness (QED) is 0.790. The fourth-order valence-electron chi connectivity index (χ4n) is 1.75. The van der Waals surface area contributed by atoms with E-state index in [0.717, 1.165) is 6.42 Å². The maximum absolute atomic E-state index is 10.2. The molecule has 0 aliphatic rings. The Hall–Kier alpha value is -1.07. The predicted octanol–water partition coefficient (Wildman–Crippen LogP) is 1.35. The van der Waals surface area contributed by atoms with Crippen LogP contribution in [-0.2, 0) is 6.54 Å². The summed E-state index contributed by atoms with van der Waals surface area (Å²) in [5.74, 6) is 0.491. The van der Waals surface area contributed by atoms with Gasteiger partial charge in [0.15, 0.2) is 5.75 Å². The molecule has 1 aromatic rings. The van der Waals surface area contributed by atoms with E-state index in [-0.39, 0.29) is 5.92 Å². The molecule has 0 bridgehead atoms. The third kappa shape index (κ3) is 2.98. The van der Waals surface area contributed by atoms with Crippen molar-refractivity contribution in [3.05, 3.63) is 11.9 Å². The molecule has 0 aliphatic heterocycles. The highest BCUT2D eigenvalue weighted by Gasteiger charge is 2.28. The normalized spacial score (nSPS) is 15.0. The fraction of sp³-hybridized carbons (Fsp3) is 0.750. The van der Waals surface area contributed by atoms with E-state index in [1.165, 1.54) is 7.11 Å². The van der Waals surface area contributed by atoms with Gasteiger partial charge in [-0.3, -0.25) is 4.68 Å². The second-order valence-corrected chi connectivity index (χ2v) is 4.50. The summed E-state index contributed by atoms with van der Waals surface area (Å²) in [7, 11) is 1.53. The number of methoxy groups -OCH3 is 1. The number of aromatic nitrogens is 2. The van der Waals surface area contributed by atoms with Crippen molar-refractivity contribution in [3.63, 3.8) is 0 Å². The van der Waals surface area contributed by atoms with Crippen LogP contribution in [0.3, 0.4) is 0 Å². The Morgan fingerprint density at radius 2 is 2.06 bits per heavy atom. The number of aliphatic hydroxyl groups is 2. The molecule has 5 heteroatoms. The molecule has 1 heterocycles. The molecular formula is C12H22N2O3. The molecule has 98 valence electrons. The number of hydrogen-bond donors (Lipinski definition) is 2. The number of aliphatic hydroxyl groups excluding tert-OH is 2. The highest BCUT2D eigenvalue weighted by molar-refractivity contribution is 5.28. The van der Waals surface area contributed by atoms with Crippen molar-refractivity contribution in [3.8, 4) is 5.75 Å². The summed E-state index contributed by atoms with van der Waals surface area (Å²) in [6.45, 7) is 6.45. The highest BCUT2D eigenvalue weighted by atomic mass is 16.5. The number of rotatable bonds is 6. The second kappa shape index (κ2) is 6.02. The first-order valence-corrected chi connectivity index (χ1v) is 5.98. The van der Waals surface area contributed by atoms with Crippen LogP contribution in [0.15, 0.2) is 6.20 Å². The molecule has 0 fully saturated rings. The molecule has 0 saturated heterocycles.